The molecule has 0 aliphatic rings. The molecule has 0 amide bonds. The lowest BCUT2D eigenvalue weighted by Crippen LogP contribution is -1.95. The summed E-state index contributed by atoms with van der Waals surface area (Å²) in [5.74, 6) is 0.189. The van der Waals surface area contributed by atoms with Crippen molar-refractivity contribution in [1.29, 1.82) is 0 Å². The van der Waals surface area contributed by atoms with E-state index in [0.29, 0.717) is 6.42 Å². The fourth-order valence-corrected chi connectivity index (χ4v) is 1.85. The van der Waals surface area contributed by atoms with Crippen LogP contribution in [0.4, 0.5) is 0 Å². The topological polar surface area (TPSA) is 17.1 Å². The summed E-state index contributed by atoms with van der Waals surface area (Å²) in [6, 6.07) is 16.1. The third-order valence-electron chi connectivity index (χ3n) is 3.10. The van der Waals surface area contributed by atoms with Crippen molar-refractivity contribution in [3.63, 3.8) is 0 Å². The summed E-state index contributed by atoms with van der Waals surface area (Å²) < 4.78 is 0. The van der Waals surface area contributed by atoms with Crippen molar-refractivity contribution in [2.75, 3.05) is 0 Å². The van der Waals surface area contributed by atoms with Crippen LogP contribution in [0.1, 0.15) is 40.4 Å². The summed E-state index contributed by atoms with van der Waals surface area (Å²) >= 11 is 0. The molecule has 1 nitrogen and oxygen atoms in total. The highest BCUT2D eigenvalue weighted by Gasteiger charge is 2.00. The molecule has 0 aromatic heterocycles. The van der Waals surface area contributed by atoms with Gasteiger partial charge in [-0.05, 0) is 18.1 Å². The zero-order valence-electron chi connectivity index (χ0n) is 11.4. The van der Waals surface area contributed by atoms with Gasteiger partial charge in [0.25, 0.3) is 0 Å². The number of ketones is 1. The molecule has 0 aliphatic heterocycles. The molecule has 2 aromatic rings. The summed E-state index contributed by atoms with van der Waals surface area (Å²) in [6.07, 6.45) is 4.69. The summed E-state index contributed by atoms with van der Waals surface area (Å²) in [4.78, 5) is 11.5. The third kappa shape index (κ3) is 3.65. The van der Waals surface area contributed by atoms with Crippen LogP contribution in [0.25, 0.3) is 12.2 Å². The molecular formula is C18H18O. The molecule has 0 heterocycles. The molecule has 0 unspecified atom stereocenters. The molecule has 0 saturated carbocycles. The average molecular weight is 250 g/mol. The first-order valence-electron chi connectivity index (χ1n) is 6.57. The van der Waals surface area contributed by atoms with E-state index in [9.17, 15) is 4.79 Å². The van der Waals surface area contributed by atoms with E-state index in [1.165, 1.54) is 11.1 Å². The Morgan fingerprint density at radius 2 is 1.37 bits per heavy atom. The molecule has 0 saturated heterocycles. The number of Topliss-reactive ketones (excluding diaryl/α,β-unsaturated/α-hetero) is 1. The fourth-order valence-electron chi connectivity index (χ4n) is 1.85. The van der Waals surface area contributed by atoms with Crippen LogP contribution in [-0.2, 0) is 0 Å². The summed E-state index contributed by atoms with van der Waals surface area (Å²) in [5.41, 5.74) is 4.34. The Kier molecular flexibility index (Phi) is 4.30. The number of hydrogen-bond donors (Lipinski definition) is 0. The molecule has 0 bridgehead atoms. The van der Waals surface area contributed by atoms with Gasteiger partial charge in [0.15, 0.2) is 5.78 Å². The number of hydrogen-bond acceptors (Lipinski definition) is 1. The normalized spacial score (nSPS) is 10.8. The maximum atomic E-state index is 11.5. The molecule has 19 heavy (non-hydrogen) atoms. The minimum Gasteiger partial charge on any atom is -0.294 e. The second-order valence-corrected chi connectivity index (χ2v) is 4.64. The van der Waals surface area contributed by atoms with Crippen LogP contribution in [0.2, 0.25) is 0 Å². The van der Waals surface area contributed by atoms with E-state index in [0.717, 1.165) is 11.1 Å². The molecule has 1 heteroatoms. The molecule has 0 radical (unpaired) electrons. The second-order valence-electron chi connectivity index (χ2n) is 4.64. The van der Waals surface area contributed by atoms with Crippen molar-refractivity contribution in [3.05, 3.63) is 70.8 Å². The Hall–Kier alpha value is -2.15. The van der Waals surface area contributed by atoms with Crippen molar-refractivity contribution < 1.29 is 4.79 Å². The van der Waals surface area contributed by atoms with Gasteiger partial charge in [0.2, 0.25) is 0 Å². The second kappa shape index (κ2) is 6.14. The van der Waals surface area contributed by atoms with Gasteiger partial charge in [-0.25, -0.2) is 0 Å². The van der Waals surface area contributed by atoms with Gasteiger partial charge in [-0.1, -0.05) is 73.2 Å². The third-order valence-corrected chi connectivity index (χ3v) is 3.10. The van der Waals surface area contributed by atoms with Gasteiger partial charge in [-0.2, -0.15) is 0 Å². The SMILES string of the molecule is CCC(=O)c1ccc(C=Cc2ccc(C)cc2)cc1. The van der Waals surface area contributed by atoms with Crippen LogP contribution in [0.15, 0.2) is 48.5 Å². The minimum absolute atomic E-state index is 0.189. The lowest BCUT2D eigenvalue weighted by molar-refractivity contribution is 0.0988. The van der Waals surface area contributed by atoms with E-state index in [4.69, 9.17) is 0 Å². The number of aryl methyl sites for hydroxylation is 1. The van der Waals surface area contributed by atoms with Crippen LogP contribution in [-0.4, -0.2) is 5.78 Å². The van der Waals surface area contributed by atoms with Gasteiger partial charge in [0.05, 0.1) is 0 Å². The highest BCUT2D eigenvalue weighted by Crippen LogP contribution is 2.11. The Labute approximate surface area is 114 Å². The van der Waals surface area contributed by atoms with E-state index in [2.05, 4.69) is 43.3 Å². The standard InChI is InChI=1S/C18H18O/c1-3-18(19)17-12-10-16(11-13-17)9-8-15-6-4-14(2)5-7-15/h4-13H,3H2,1-2H3. The van der Waals surface area contributed by atoms with E-state index in [-0.39, 0.29) is 5.78 Å². The molecule has 96 valence electrons. The molecule has 2 rings (SSSR count). The molecule has 0 atom stereocenters. The van der Waals surface area contributed by atoms with E-state index >= 15 is 0 Å². The summed E-state index contributed by atoms with van der Waals surface area (Å²) in [6.45, 7) is 3.96. The largest absolute Gasteiger partial charge is 0.294 e. The van der Waals surface area contributed by atoms with Gasteiger partial charge < -0.3 is 0 Å². The lowest BCUT2D eigenvalue weighted by atomic mass is 10.1. The number of carbonyl (C=O) groups is 1. The molecular weight excluding hydrogens is 232 g/mol. The Morgan fingerprint density at radius 1 is 0.895 bits per heavy atom. The van der Waals surface area contributed by atoms with Crippen LogP contribution in [0.5, 0.6) is 0 Å². The monoisotopic (exact) mass is 250 g/mol. The smallest absolute Gasteiger partial charge is 0.162 e. The first kappa shape index (κ1) is 13.3. The summed E-state index contributed by atoms with van der Waals surface area (Å²) in [7, 11) is 0. The van der Waals surface area contributed by atoms with E-state index in [1.807, 2.05) is 31.2 Å². The number of rotatable bonds is 4. The molecule has 0 N–H and O–H groups in total. The van der Waals surface area contributed by atoms with Crippen molar-refractivity contribution >= 4 is 17.9 Å². The predicted octanol–water partition coefficient (Wildman–Crippen LogP) is 4.76. The van der Waals surface area contributed by atoms with E-state index < -0.39 is 0 Å². The zero-order valence-corrected chi connectivity index (χ0v) is 11.4. The Morgan fingerprint density at radius 3 is 1.84 bits per heavy atom. The van der Waals surface area contributed by atoms with E-state index in [1.54, 1.807) is 0 Å². The van der Waals surface area contributed by atoms with Gasteiger partial charge in [0.1, 0.15) is 0 Å². The Bertz CT molecular complexity index is 574. The van der Waals surface area contributed by atoms with Crippen molar-refractivity contribution in [1.82, 2.24) is 0 Å². The van der Waals surface area contributed by atoms with Crippen LogP contribution >= 0.6 is 0 Å². The van der Waals surface area contributed by atoms with Crippen LogP contribution in [0.3, 0.4) is 0 Å². The Balaban J connectivity index is 2.11. The fraction of sp³-hybridized carbons (Fsp3) is 0.167. The highest BCUT2D eigenvalue weighted by atomic mass is 16.1. The van der Waals surface area contributed by atoms with Crippen molar-refractivity contribution in [2.24, 2.45) is 0 Å². The van der Waals surface area contributed by atoms with Gasteiger partial charge in [-0.15, -0.1) is 0 Å². The molecule has 0 aliphatic carbocycles. The highest BCUT2D eigenvalue weighted by molar-refractivity contribution is 5.96. The lowest BCUT2D eigenvalue weighted by Gasteiger charge is -1.99. The molecule has 2 aromatic carbocycles. The first-order valence-corrected chi connectivity index (χ1v) is 6.57. The maximum Gasteiger partial charge on any atom is 0.162 e. The maximum absolute atomic E-state index is 11.5. The van der Waals surface area contributed by atoms with Crippen molar-refractivity contribution in [3.8, 4) is 0 Å². The van der Waals surface area contributed by atoms with Crippen LogP contribution in [0, 0.1) is 6.92 Å². The number of carbonyl (C=O) groups excluding carboxylic acids is 1. The van der Waals surface area contributed by atoms with Gasteiger partial charge in [0, 0.05) is 12.0 Å². The minimum atomic E-state index is 0.189. The molecule has 0 spiro atoms. The average Bonchev–Trinajstić information content (AvgIpc) is 2.46. The van der Waals surface area contributed by atoms with Crippen molar-refractivity contribution in [2.45, 2.75) is 20.3 Å². The first-order chi connectivity index (χ1) is 9.19. The van der Waals surface area contributed by atoms with Crippen LogP contribution < -0.4 is 0 Å². The quantitative estimate of drug-likeness (QED) is 0.565. The van der Waals surface area contributed by atoms with Gasteiger partial charge >= 0.3 is 0 Å². The zero-order chi connectivity index (χ0) is 13.7. The number of benzene rings is 2. The predicted molar refractivity (Wildman–Crippen MR) is 81.2 cm³/mol. The van der Waals surface area contributed by atoms with Gasteiger partial charge in [-0.3, -0.25) is 4.79 Å². The molecule has 0 fully saturated rings. The summed E-state index contributed by atoms with van der Waals surface area (Å²) in [5, 5.41) is 0.